The van der Waals surface area contributed by atoms with Crippen molar-refractivity contribution in [1.82, 2.24) is 9.78 Å². The number of aromatic nitrogens is 2. The summed E-state index contributed by atoms with van der Waals surface area (Å²) in [6, 6.07) is 19.0. The number of rotatable bonds is 3. The highest BCUT2D eigenvalue weighted by atomic mass is 16.2. The molecule has 134 valence electrons. The average molecular weight is 348 g/mol. The number of benzene rings is 2. The van der Waals surface area contributed by atoms with Crippen LogP contribution in [0.5, 0.6) is 0 Å². The van der Waals surface area contributed by atoms with E-state index in [0.29, 0.717) is 5.82 Å². The number of hydrogen-bond acceptors (Lipinski definition) is 2. The maximum atomic E-state index is 12.4. The van der Waals surface area contributed by atoms with Gasteiger partial charge in [-0.3, -0.25) is 5.32 Å². The number of nitrogens with one attached hydrogen (secondary N) is 2. The number of nitrogens with zero attached hydrogens (tertiary/aromatic N) is 2. The van der Waals surface area contributed by atoms with Crippen LogP contribution in [0.25, 0.3) is 5.69 Å². The molecule has 26 heavy (non-hydrogen) atoms. The molecule has 0 fully saturated rings. The first kappa shape index (κ1) is 17.7. The van der Waals surface area contributed by atoms with E-state index in [2.05, 4.69) is 31.4 Å². The number of carbonyl (C=O) groups is 1. The van der Waals surface area contributed by atoms with E-state index in [1.54, 1.807) is 4.68 Å². The molecule has 1 heterocycles. The normalized spacial score (nSPS) is 11.2. The van der Waals surface area contributed by atoms with Crippen LogP contribution < -0.4 is 10.6 Å². The largest absolute Gasteiger partial charge is 0.324 e. The molecule has 2 N–H and O–H groups in total. The fraction of sp³-hybridized carbons (Fsp3) is 0.238. The predicted molar refractivity (Wildman–Crippen MR) is 106 cm³/mol. The summed E-state index contributed by atoms with van der Waals surface area (Å²) in [5, 5.41) is 10.5. The fourth-order valence-corrected chi connectivity index (χ4v) is 2.62. The minimum atomic E-state index is -0.300. The molecule has 0 bridgehead atoms. The standard InChI is InChI=1S/C21H24N4O/c1-15-10-8-9-13-17(15)25-19(14-18(24-25)21(2,3)4)23-20(26)22-16-11-6-5-7-12-16/h5-14H,1-4H3,(H2,22,23,26). The highest BCUT2D eigenvalue weighted by molar-refractivity contribution is 5.99. The minimum absolute atomic E-state index is 0.125. The third-order valence-corrected chi connectivity index (χ3v) is 4.09. The van der Waals surface area contributed by atoms with E-state index in [9.17, 15) is 4.79 Å². The van der Waals surface area contributed by atoms with E-state index in [0.717, 1.165) is 22.6 Å². The minimum Gasteiger partial charge on any atom is -0.308 e. The molecule has 5 heteroatoms. The number of amides is 2. The van der Waals surface area contributed by atoms with Gasteiger partial charge in [-0.2, -0.15) is 5.10 Å². The molecule has 0 spiro atoms. The number of para-hydroxylation sites is 2. The molecule has 0 unspecified atom stereocenters. The summed E-state index contributed by atoms with van der Waals surface area (Å²) < 4.78 is 1.79. The lowest BCUT2D eigenvalue weighted by Gasteiger charge is -2.14. The van der Waals surface area contributed by atoms with E-state index in [1.807, 2.05) is 67.6 Å². The Morgan fingerprint density at radius 3 is 2.27 bits per heavy atom. The van der Waals surface area contributed by atoms with Crippen molar-refractivity contribution in [3.05, 3.63) is 71.9 Å². The third kappa shape index (κ3) is 3.94. The third-order valence-electron chi connectivity index (χ3n) is 4.09. The van der Waals surface area contributed by atoms with Gasteiger partial charge in [-0.1, -0.05) is 57.2 Å². The van der Waals surface area contributed by atoms with Gasteiger partial charge < -0.3 is 5.32 Å². The Hall–Kier alpha value is -3.08. The van der Waals surface area contributed by atoms with E-state index >= 15 is 0 Å². The number of hydrogen-bond donors (Lipinski definition) is 2. The molecule has 2 amide bonds. The van der Waals surface area contributed by atoms with Crippen molar-refractivity contribution in [1.29, 1.82) is 0 Å². The van der Waals surface area contributed by atoms with Crippen LogP contribution in [-0.2, 0) is 5.41 Å². The average Bonchev–Trinajstić information content (AvgIpc) is 3.00. The number of anilines is 2. The van der Waals surface area contributed by atoms with Crippen LogP contribution in [0.3, 0.4) is 0 Å². The lowest BCUT2D eigenvalue weighted by atomic mass is 9.92. The molecule has 3 aromatic rings. The van der Waals surface area contributed by atoms with Gasteiger partial charge in [0.1, 0.15) is 5.82 Å². The zero-order valence-corrected chi connectivity index (χ0v) is 15.6. The molecule has 0 radical (unpaired) electrons. The first-order valence-electron chi connectivity index (χ1n) is 8.64. The number of aryl methyl sites for hydroxylation is 1. The smallest absolute Gasteiger partial charge is 0.308 e. The number of urea groups is 1. The molecule has 5 nitrogen and oxygen atoms in total. The van der Waals surface area contributed by atoms with Gasteiger partial charge >= 0.3 is 6.03 Å². The molecular formula is C21H24N4O. The molecule has 0 aliphatic rings. The summed E-state index contributed by atoms with van der Waals surface area (Å²) in [5.41, 5.74) is 3.56. The van der Waals surface area contributed by atoms with Crippen LogP contribution in [0, 0.1) is 6.92 Å². The Bertz CT molecular complexity index is 907. The van der Waals surface area contributed by atoms with Crippen LogP contribution in [0.4, 0.5) is 16.3 Å². The second kappa shape index (κ2) is 7.04. The van der Waals surface area contributed by atoms with Gasteiger partial charge in [0, 0.05) is 17.2 Å². The zero-order chi connectivity index (χ0) is 18.7. The van der Waals surface area contributed by atoms with Crippen molar-refractivity contribution in [2.45, 2.75) is 33.1 Å². The molecule has 0 saturated heterocycles. The molecule has 0 saturated carbocycles. The molecule has 0 atom stereocenters. The fourth-order valence-electron chi connectivity index (χ4n) is 2.62. The molecule has 1 aromatic heterocycles. The van der Waals surface area contributed by atoms with Crippen molar-refractivity contribution >= 4 is 17.5 Å². The van der Waals surface area contributed by atoms with Crippen molar-refractivity contribution in [2.24, 2.45) is 0 Å². The molecule has 2 aromatic carbocycles. The first-order chi connectivity index (χ1) is 12.3. The summed E-state index contributed by atoms with van der Waals surface area (Å²) in [5.74, 6) is 0.637. The van der Waals surface area contributed by atoms with Crippen LogP contribution in [0.1, 0.15) is 32.0 Å². The van der Waals surface area contributed by atoms with E-state index in [-0.39, 0.29) is 11.4 Å². The first-order valence-corrected chi connectivity index (χ1v) is 8.64. The Morgan fingerprint density at radius 1 is 0.962 bits per heavy atom. The van der Waals surface area contributed by atoms with Crippen LogP contribution in [0.15, 0.2) is 60.7 Å². The molecule has 0 aliphatic heterocycles. The van der Waals surface area contributed by atoms with Crippen LogP contribution in [-0.4, -0.2) is 15.8 Å². The summed E-state index contributed by atoms with van der Waals surface area (Å²) in [6.07, 6.45) is 0. The molecular weight excluding hydrogens is 324 g/mol. The van der Waals surface area contributed by atoms with Crippen LogP contribution >= 0.6 is 0 Å². The number of carbonyl (C=O) groups excluding carboxylic acids is 1. The van der Waals surface area contributed by atoms with Gasteiger partial charge in [0.15, 0.2) is 0 Å². The van der Waals surface area contributed by atoms with E-state index < -0.39 is 0 Å². The second-order valence-corrected chi connectivity index (χ2v) is 7.31. The van der Waals surface area contributed by atoms with Crippen molar-refractivity contribution in [2.75, 3.05) is 10.6 Å². The SMILES string of the molecule is Cc1ccccc1-n1nc(C(C)(C)C)cc1NC(=O)Nc1ccccc1. The van der Waals surface area contributed by atoms with Crippen molar-refractivity contribution in [3.63, 3.8) is 0 Å². The maximum Gasteiger partial charge on any atom is 0.324 e. The van der Waals surface area contributed by atoms with Gasteiger partial charge in [0.2, 0.25) is 0 Å². The monoisotopic (exact) mass is 348 g/mol. The van der Waals surface area contributed by atoms with Gasteiger partial charge in [0.25, 0.3) is 0 Å². The Morgan fingerprint density at radius 2 is 1.62 bits per heavy atom. The molecule has 0 aliphatic carbocycles. The lowest BCUT2D eigenvalue weighted by molar-refractivity contribution is 0.262. The Balaban J connectivity index is 1.94. The van der Waals surface area contributed by atoms with E-state index in [1.165, 1.54) is 0 Å². The summed E-state index contributed by atoms with van der Waals surface area (Å²) in [4.78, 5) is 12.4. The van der Waals surface area contributed by atoms with E-state index in [4.69, 9.17) is 5.10 Å². The summed E-state index contributed by atoms with van der Waals surface area (Å²) in [7, 11) is 0. The lowest BCUT2D eigenvalue weighted by Crippen LogP contribution is -2.21. The quantitative estimate of drug-likeness (QED) is 0.690. The second-order valence-electron chi connectivity index (χ2n) is 7.31. The predicted octanol–water partition coefficient (Wildman–Crippen LogP) is 5.12. The van der Waals surface area contributed by atoms with Crippen molar-refractivity contribution in [3.8, 4) is 5.69 Å². The highest BCUT2D eigenvalue weighted by Crippen LogP contribution is 2.27. The van der Waals surface area contributed by atoms with Gasteiger partial charge in [-0.05, 0) is 30.7 Å². The topological polar surface area (TPSA) is 59.0 Å². The Kier molecular flexibility index (Phi) is 4.80. The maximum absolute atomic E-state index is 12.4. The van der Waals surface area contributed by atoms with Gasteiger partial charge in [-0.25, -0.2) is 9.48 Å². The summed E-state index contributed by atoms with van der Waals surface area (Å²) in [6.45, 7) is 8.34. The van der Waals surface area contributed by atoms with Gasteiger partial charge in [-0.15, -0.1) is 0 Å². The zero-order valence-electron chi connectivity index (χ0n) is 15.6. The van der Waals surface area contributed by atoms with Crippen LogP contribution in [0.2, 0.25) is 0 Å². The highest BCUT2D eigenvalue weighted by Gasteiger charge is 2.22. The Labute approximate surface area is 154 Å². The van der Waals surface area contributed by atoms with Crippen molar-refractivity contribution < 1.29 is 4.79 Å². The van der Waals surface area contributed by atoms with Gasteiger partial charge in [0.05, 0.1) is 11.4 Å². The summed E-state index contributed by atoms with van der Waals surface area (Å²) >= 11 is 0. The molecule has 3 rings (SSSR count).